The quantitative estimate of drug-likeness (QED) is 0.835. The molecule has 0 spiro atoms. The molecular weight excluding hydrogens is 342 g/mol. The lowest BCUT2D eigenvalue weighted by atomic mass is 10.1. The lowest BCUT2D eigenvalue weighted by Crippen LogP contribution is -2.35. The van der Waals surface area contributed by atoms with Gasteiger partial charge in [0.1, 0.15) is 0 Å². The van der Waals surface area contributed by atoms with Gasteiger partial charge in [0.15, 0.2) is 9.84 Å². The molecule has 0 saturated carbocycles. The number of nitrogens with one attached hydrogen (secondary N) is 1. The molecule has 2 heterocycles. The van der Waals surface area contributed by atoms with Gasteiger partial charge >= 0.3 is 0 Å². The zero-order valence-electron chi connectivity index (χ0n) is 14.1. The average Bonchev–Trinajstić information content (AvgIpc) is 3.19. The Bertz CT molecular complexity index is 843. The van der Waals surface area contributed by atoms with Crippen LogP contribution in [0.4, 0.5) is 0 Å². The molecule has 1 aromatic heterocycles. The number of aromatic nitrogens is 2. The van der Waals surface area contributed by atoms with E-state index in [9.17, 15) is 13.2 Å². The van der Waals surface area contributed by atoms with Crippen molar-refractivity contribution in [1.29, 1.82) is 0 Å². The third-order valence-electron chi connectivity index (χ3n) is 4.25. The Balaban J connectivity index is 1.52. The van der Waals surface area contributed by atoms with Gasteiger partial charge in [-0.25, -0.2) is 8.42 Å². The van der Waals surface area contributed by atoms with E-state index in [2.05, 4.69) is 22.4 Å². The molecule has 1 aliphatic rings. The Hall–Kier alpha value is -2.22. The van der Waals surface area contributed by atoms with Gasteiger partial charge < -0.3 is 9.84 Å². The summed E-state index contributed by atoms with van der Waals surface area (Å²) in [7, 11) is -3.00. The molecule has 0 aliphatic carbocycles. The maximum atomic E-state index is 11.9. The molecule has 1 atom stereocenters. The highest BCUT2D eigenvalue weighted by atomic mass is 32.2. The van der Waals surface area contributed by atoms with Gasteiger partial charge in [0.05, 0.1) is 11.5 Å². The van der Waals surface area contributed by atoms with Crippen LogP contribution in [0.3, 0.4) is 0 Å². The number of aryl methyl sites for hydroxylation is 2. The van der Waals surface area contributed by atoms with Crippen LogP contribution in [0.15, 0.2) is 28.8 Å². The first-order chi connectivity index (χ1) is 11.9. The first-order valence-electron chi connectivity index (χ1n) is 8.37. The normalized spacial score (nSPS) is 19.0. The van der Waals surface area contributed by atoms with Crippen molar-refractivity contribution in [3.63, 3.8) is 0 Å². The van der Waals surface area contributed by atoms with Crippen molar-refractivity contribution in [3.05, 3.63) is 35.7 Å². The minimum Gasteiger partial charge on any atom is -0.352 e. The number of sulfone groups is 1. The summed E-state index contributed by atoms with van der Waals surface area (Å²) in [6, 6.07) is 7.65. The first-order valence-corrected chi connectivity index (χ1v) is 10.2. The standard InChI is InChI=1S/C17H21N3O4S/c1-2-12-3-5-13(6-4-12)17-19-16(24-20-17)8-7-15(21)18-14-9-10-25(22,23)11-14/h3-6,14H,2,7-11H2,1H3,(H,18,21). The fourth-order valence-corrected chi connectivity index (χ4v) is 4.47. The van der Waals surface area contributed by atoms with Gasteiger partial charge in [0.25, 0.3) is 0 Å². The molecule has 1 amide bonds. The Morgan fingerprint density at radius 2 is 2.08 bits per heavy atom. The summed E-state index contributed by atoms with van der Waals surface area (Å²) in [6.07, 6.45) is 1.96. The SMILES string of the molecule is CCc1ccc(-c2noc(CCC(=O)NC3CCS(=O)(=O)C3)n2)cc1. The van der Waals surface area contributed by atoms with E-state index >= 15 is 0 Å². The molecular formula is C17H21N3O4S. The fourth-order valence-electron chi connectivity index (χ4n) is 2.79. The lowest BCUT2D eigenvalue weighted by Gasteiger charge is -2.09. The molecule has 25 heavy (non-hydrogen) atoms. The average molecular weight is 363 g/mol. The predicted molar refractivity (Wildman–Crippen MR) is 92.6 cm³/mol. The number of hydrogen-bond acceptors (Lipinski definition) is 6. The van der Waals surface area contributed by atoms with E-state index < -0.39 is 9.84 Å². The predicted octanol–water partition coefficient (Wildman–Crippen LogP) is 1.53. The van der Waals surface area contributed by atoms with Crippen molar-refractivity contribution in [2.45, 2.75) is 38.6 Å². The van der Waals surface area contributed by atoms with Crippen LogP contribution in [0, 0.1) is 0 Å². The van der Waals surface area contributed by atoms with E-state index in [-0.39, 0.29) is 29.9 Å². The third-order valence-corrected chi connectivity index (χ3v) is 6.02. The van der Waals surface area contributed by atoms with Gasteiger partial charge in [0.2, 0.25) is 17.6 Å². The van der Waals surface area contributed by atoms with E-state index in [0.717, 1.165) is 12.0 Å². The summed E-state index contributed by atoms with van der Waals surface area (Å²) in [6.45, 7) is 2.09. The number of carbonyl (C=O) groups excluding carboxylic acids is 1. The highest BCUT2D eigenvalue weighted by molar-refractivity contribution is 7.91. The number of carbonyl (C=O) groups is 1. The minimum absolute atomic E-state index is 0.0250. The summed E-state index contributed by atoms with van der Waals surface area (Å²) in [5.41, 5.74) is 2.10. The van der Waals surface area contributed by atoms with Gasteiger partial charge in [-0.3, -0.25) is 4.79 Å². The number of hydrogen-bond donors (Lipinski definition) is 1. The highest BCUT2D eigenvalue weighted by Crippen LogP contribution is 2.17. The second kappa shape index (κ2) is 7.35. The number of nitrogens with zero attached hydrogens (tertiary/aromatic N) is 2. The maximum Gasteiger partial charge on any atom is 0.227 e. The molecule has 8 heteroatoms. The monoisotopic (exact) mass is 363 g/mol. The van der Waals surface area contributed by atoms with Gasteiger partial charge in [-0.2, -0.15) is 4.98 Å². The molecule has 1 fully saturated rings. The van der Waals surface area contributed by atoms with Crippen molar-refractivity contribution in [2.75, 3.05) is 11.5 Å². The Kier molecular flexibility index (Phi) is 5.17. The minimum atomic E-state index is -3.00. The highest BCUT2D eigenvalue weighted by Gasteiger charge is 2.28. The van der Waals surface area contributed by atoms with Crippen molar-refractivity contribution in [3.8, 4) is 11.4 Å². The van der Waals surface area contributed by atoms with Crippen LogP contribution >= 0.6 is 0 Å². The van der Waals surface area contributed by atoms with Crippen molar-refractivity contribution < 1.29 is 17.7 Å². The van der Waals surface area contributed by atoms with Crippen LogP contribution in [0.1, 0.15) is 31.2 Å². The summed E-state index contributed by atoms with van der Waals surface area (Å²) in [5.74, 6) is 0.858. The molecule has 7 nitrogen and oxygen atoms in total. The Morgan fingerprint density at radius 3 is 2.72 bits per heavy atom. The van der Waals surface area contributed by atoms with Gasteiger partial charge in [-0.15, -0.1) is 0 Å². The van der Waals surface area contributed by atoms with Crippen molar-refractivity contribution >= 4 is 15.7 Å². The second-order valence-electron chi connectivity index (χ2n) is 6.23. The molecule has 0 bridgehead atoms. The molecule has 1 saturated heterocycles. The molecule has 1 N–H and O–H groups in total. The van der Waals surface area contributed by atoms with E-state index in [1.54, 1.807) is 0 Å². The Morgan fingerprint density at radius 1 is 1.32 bits per heavy atom. The summed E-state index contributed by atoms with van der Waals surface area (Å²) in [5, 5.41) is 6.69. The molecule has 0 radical (unpaired) electrons. The number of amides is 1. The van der Waals surface area contributed by atoms with E-state index in [4.69, 9.17) is 4.52 Å². The van der Waals surface area contributed by atoms with E-state index in [1.165, 1.54) is 5.56 Å². The van der Waals surface area contributed by atoms with Crippen LogP contribution in [0.25, 0.3) is 11.4 Å². The molecule has 1 aliphatic heterocycles. The van der Waals surface area contributed by atoms with Crippen molar-refractivity contribution in [1.82, 2.24) is 15.5 Å². The van der Waals surface area contributed by atoms with Gasteiger partial charge in [-0.1, -0.05) is 36.3 Å². The molecule has 134 valence electrons. The van der Waals surface area contributed by atoms with Crippen LogP contribution in [-0.2, 0) is 27.5 Å². The van der Waals surface area contributed by atoms with E-state index in [1.807, 2.05) is 24.3 Å². The van der Waals surface area contributed by atoms with Crippen LogP contribution < -0.4 is 5.32 Å². The largest absolute Gasteiger partial charge is 0.352 e. The third kappa shape index (κ3) is 4.66. The molecule has 1 aromatic carbocycles. The van der Waals surface area contributed by atoms with Crippen LogP contribution in [-0.4, -0.2) is 42.0 Å². The van der Waals surface area contributed by atoms with E-state index in [0.29, 0.717) is 24.6 Å². The maximum absolute atomic E-state index is 11.9. The Labute approximate surface area is 146 Å². The summed E-state index contributed by atoms with van der Waals surface area (Å²) < 4.78 is 28.0. The second-order valence-corrected chi connectivity index (χ2v) is 8.46. The molecule has 2 aromatic rings. The lowest BCUT2D eigenvalue weighted by molar-refractivity contribution is -0.121. The molecule has 3 rings (SSSR count). The van der Waals surface area contributed by atoms with Gasteiger partial charge in [-0.05, 0) is 18.4 Å². The fraction of sp³-hybridized carbons (Fsp3) is 0.471. The van der Waals surface area contributed by atoms with Gasteiger partial charge in [0, 0.05) is 24.4 Å². The topological polar surface area (TPSA) is 102 Å². The smallest absolute Gasteiger partial charge is 0.227 e. The van der Waals surface area contributed by atoms with Crippen LogP contribution in [0.5, 0.6) is 0 Å². The summed E-state index contributed by atoms with van der Waals surface area (Å²) >= 11 is 0. The number of rotatable bonds is 6. The van der Waals surface area contributed by atoms with Crippen LogP contribution in [0.2, 0.25) is 0 Å². The molecule has 1 unspecified atom stereocenters. The summed E-state index contributed by atoms with van der Waals surface area (Å²) in [4.78, 5) is 16.2. The zero-order valence-corrected chi connectivity index (χ0v) is 14.9. The zero-order chi connectivity index (χ0) is 17.9. The first kappa shape index (κ1) is 17.6. The number of benzene rings is 1. The van der Waals surface area contributed by atoms with Crippen molar-refractivity contribution in [2.24, 2.45) is 0 Å².